The summed E-state index contributed by atoms with van der Waals surface area (Å²) < 4.78 is 70.2. The third-order valence-electron chi connectivity index (χ3n) is 6.74. The lowest BCUT2D eigenvalue weighted by atomic mass is 9.89. The van der Waals surface area contributed by atoms with Crippen LogP contribution in [0.25, 0.3) is 0 Å². The van der Waals surface area contributed by atoms with Gasteiger partial charge in [0.05, 0.1) is 5.54 Å². The van der Waals surface area contributed by atoms with E-state index >= 15 is 0 Å². The van der Waals surface area contributed by atoms with Crippen LogP contribution in [0.3, 0.4) is 0 Å². The van der Waals surface area contributed by atoms with Crippen molar-refractivity contribution < 1.29 is 36.6 Å². The third kappa shape index (κ3) is 3.92. The molecule has 0 fully saturated rings. The second-order valence-electron chi connectivity index (χ2n) is 9.34. The predicted octanol–water partition coefficient (Wildman–Crippen LogP) is 3.11. The van der Waals surface area contributed by atoms with E-state index in [0.717, 1.165) is 18.3 Å². The number of aromatic nitrogens is 1. The van der Waals surface area contributed by atoms with Gasteiger partial charge in [-0.15, -0.1) is 0 Å². The van der Waals surface area contributed by atoms with Gasteiger partial charge < -0.3 is 19.9 Å². The maximum Gasteiger partial charge on any atom is 0.274 e. The Morgan fingerprint density at radius 3 is 2.27 bits per heavy atom. The number of benzene rings is 2. The maximum atomic E-state index is 14.0. The van der Waals surface area contributed by atoms with Crippen molar-refractivity contribution in [3.8, 4) is 5.75 Å². The van der Waals surface area contributed by atoms with Gasteiger partial charge in [-0.2, -0.15) is 0 Å². The lowest BCUT2D eigenvalue weighted by molar-refractivity contribution is 0.0561. The van der Waals surface area contributed by atoms with Gasteiger partial charge in [0.1, 0.15) is 23.0 Å². The number of halogens is 5. The molecule has 12 heteroatoms. The molecule has 1 atom stereocenters. The smallest absolute Gasteiger partial charge is 0.274 e. The minimum absolute atomic E-state index is 0.0339. The van der Waals surface area contributed by atoms with E-state index in [9.17, 15) is 41.4 Å². The number of carbonyl (C=O) groups excluding carboxylic acids is 2. The maximum absolute atomic E-state index is 14.0. The number of fused-ring (bicyclic) bond motifs is 5. The fourth-order valence-electron chi connectivity index (χ4n) is 4.93. The van der Waals surface area contributed by atoms with Crippen LogP contribution in [-0.2, 0) is 25.0 Å². The molecule has 2 aromatic carbocycles. The molecule has 0 saturated heterocycles. The second kappa shape index (κ2) is 8.43. The van der Waals surface area contributed by atoms with Crippen molar-refractivity contribution in [1.82, 2.24) is 14.8 Å². The summed E-state index contributed by atoms with van der Waals surface area (Å²) in [6.45, 7) is 0.861. The summed E-state index contributed by atoms with van der Waals surface area (Å²) in [4.78, 5) is 40.1. The molecule has 5 rings (SSSR count). The number of hydrogen-bond acceptors (Lipinski definition) is 4. The Hall–Kier alpha value is -4.22. The van der Waals surface area contributed by atoms with Gasteiger partial charge in [0, 0.05) is 43.5 Å². The molecular formula is C25H18F5N3O4. The molecular weight excluding hydrogens is 501 g/mol. The summed E-state index contributed by atoms with van der Waals surface area (Å²) in [6, 6.07) is 2.87. The highest BCUT2D eigenvalue weighted by atomic mass is 19.2. The second-order valence-corrected chi connectivity index (χ2v) is 9.34. The normalized spacial score (nSPS) is 18.2. The molecule has 1 aromatic heterocycles. The zero-order valence-electron chi connectivity index (χ0n) is 19.2. The van der Waals surface area contributed by atoms with Gasteiger partial charge in [-0.25, -0.2) is 22.0 Å². The van der Waals surface area contributed by atoms with Crippen LogP contribution in [0.5, 0.6) is 5.75 Å². The predicted molar refractivity (Wildman–Crippen MR) is 118 cm³/mol. The number of amides is 2. The zero-order chi connectivity index (χ0) is 26.8. The molecule has 2 amide bonds. The van der Waals surface area contributed by atoms with Crippen molar-refractivity contribution >= 4 is 11.8 Å². The Kier molecular flexibility index (Phi) is 5.57. The van der Waals surface area contributed by atoms with E-state index < -0.39 is 81.0 Å². The number of aromatic hydroxyl groups is 1. The topological polar surface area (TPSA) is 91.6 Å². The molecule has 0 radical (unpaired) electrons. The fourth-order valence-corrected chi connectivity index (χ4v) is 4.93. The Morgan fingerprint density at radius 1 is 1.00 bits per heavy atom. The van der Waals surface area contributed by atoms with Gasteiger partial charge in [-0.3, -0.25) is 14.4 Å². The molecule has 3 heterocycles. The first-order chi connectivity index (χ1) is 17.4. The first kappa shape index (κ1) is 24.5. The summed E-state index contributed by atoms with van der Waals surface area (Å²) in [7, 11) is 0. The molecule has 2 N–H and O–H groups in total. The summed E-state index contributed by atoms with van der Waals surface area (Å²) in [5, 5.41) is 12.8. The molecule has 0 saturated carbocycles. The molecule has 0 spiro atoms. The first-order valence-electron chi connectivity index (χ1n) is 11.1. The van der Waals surface area contributed by atoms with Crippen molar-refractivity contribution in [2.24, 2.45) is 0 Å². The summed E-state index contributed by atoms with van der Waals surface area (Å²) >= 11 is 0. The molecule has 2 aliphatic rings. The van der Waals surface area contributed by atoms with Crippen LogP contribution < -0.4 is 10.7 Å². The van der Waals surface area contributed by atoms with E-state index in [2.05, 4.69) is 5.32 Å². The summed E-state index contributed by atoms with van der Waals surface area (Å²) in [5.74, 6) is -8.70. The number of nitrogens with one attached hydrogen (secondary N) is 1. The van der Waals surface area contributed by atoms with Crippen LogP contribution >= 0.6 is 0 Å². The monoisotopic (exact) mass is 519 g/mol. The minimum Gasteiger partial charge on any atom is -0.503 e. The van der Waals surface area contributed by atoms with Gasteiger partial charge in [0.2, 0.25) is 5.43 Å². The minimum atomic E-state index is -1.25. The van der Waals surface area contributed by atoms with Crippen LogP contribution in [0, 0.1) is 29.1 Å². The van der Waals surface area contributed by atoms with Crippen LogP contribution in [-0.4, -0.2) is 32.9 Å². The average molecular weight is 519 g/mol. The molecule has 0 aliphatic carbocycles. The van der Waals surface area contributed by atoms with Gasteiger partial charge in [-0.05, 0) is 36.6 Å². The third-order valence-corrected chi connectivity index (χ3v) is 6.74. The highest BCUT2D eigenvalue weighted by Crippen LogP contribution is 2.38. The van der Waals surface area contributed by atoms with Crippen molar-refractivity contribution in [2.75, 3.05) is 6.54 Å². The molecule has 2 aliphatic heterocycles. The van der Waals surface area contributed by atoms with Crippen molar-refractivity contribution in [2.45, 2.75) is 32.0 Å². The van der Waals surface area contributed by atoms with Gasteiger partial charge >= 0.3 is 0 Å². The van der Waals surface area contributed by atoms with Crippen LogP contribution in [0.15, 0.2) is 35.3 Å². The molecule has 37 heavy (non-hydrogen) atoms. The number of hydrogen-bond donors (Lipinski definition) is 2. The molecule has 3 aromatic rings. The standard InChI is InChI=1S/C25H18F5N3O4/c1-25-6-11-2-18(29)19(30)3-12(11)8-32(10-25)24(37)20-22(35)21(34)15(9-33(20)25)23(36)31-7-14-16(27)4-13(26)5-17(14)28/h2-5,9,35H,6-8,10H2,1H3,(H,31,36)/t25-/m0/s1. The van der Waals surface area contributed by atoms with Crippen LogP contribution in [0.1, 0.15) is 44.5 Å². The van der Waals surface area contributed by atoms with Gasteiger partial charge in [0.25, 0.3) is 11.8 Å². The van der Waals surface area contributed by atoms with E-state index in [0.29, 0.717) is 23.3 Å². The Labute approximate surface area is 205 Å². The summed E-state index contributed by atoms with van der Waals surface area (Å²) in [5.41, 5.74) is -3.21. The molecule has 2 bridgehead atoms. The number of carbonyl (C=O) groups is 2. The van der Waals surface area contributed by atoms with Crippen molar-refractivity contribution in [3.05, 3.63) is 97.7 Å². The fraction of sp³-hybridized carbons (Fsp3) is 0.240. The molecule has 7 nitrogen and oxygen atoms in total. The van der Waals surface area contributed by atoms with Gasteiger partial charge in [-0.1, -0.05) is 0 Å². The lowest BCUT2D eigenvalue weighted by Gasteiger charge is -2.42. The molecule has 0 unspecified atom stereocenters. The van der Waals surface area contributed by atoms with E-state index in [1.807, 2.05) is 0 Å². The lowest BCUT2D eigenvalue weighted by Crippen LogP contribution is -2.53. The number of rotatable bonds is 3. The van der Waals surface area contributed by atoms with Crippen LogP contribution in [0.2, 0.25) is 0 Å². The number of nitrogens with zero attached hydrogens (tertiary/aromatic N) is 2. The SMILES string of the molecule is C[C@]12Cc3cc(F)c(F)cc3CN(C1)C(=O)c1c(O)c(=O)c(C(=O)NCc3c(F)cc(F)cc3F)cn12. The highest BCUT2D eigenvalue weighted by Gasteiger charge is 2.44. The van der Waals surface area contributed by atoms with Crippen molar-refractivity contribution in [1.29, 1.82) is 0 Å². The summed E-state index contributed by atoms with van der Waals surface area (Å²) in [6.07, 6.45) is 1.11. The van der Waals surface area contributed by atoms with E-state index in [-0.39, 0.29) is 19.5 Å². The van der Waals surface area contributed by atoms with Crippen LogP contribution in [0.4, 0.5) is 22.0 Å². The average Bonchev–Trinajstić information content (AvgIpc) is 2.93. The van der Waals surface area contributed by atoms with E-state index in [4.69, 9.17) is 0 Å². The van der Waals surface area contributed by atoms with E-state index in [1.165, 1.54) is 9.47 Å². The highest BCUT2D eigenvalue weighted by molar-refractivity contribution is 5.99. The first-order valence-corrected chi connectivity index (χ1v) is 11.1. The van der Waals surface area contributed by atoms with E-state index in [1.54, 1.807) is 6.92 Å². The van der Waals surface area contributed by atoms with Crippen molar-refractivity contribution in [3.63, 3.8) is 0 Å². The quantitative estimate of drug-likeness (QED) is 0.521. The zero-order valence-corrected chi connectivity index (χ0v) is 19.2. The Morgan fingerprint density at radius 2 is 1.62 bits per heavy atom. The Balaban J connectivity index is 1.56. The largest absolute Gasteiger partial charge is 0.503 e. The number of pyridine rings is 1. The molecule has 192 valence electrons. The van der Waals surface area contributed by atoms with Gasteiger partial charge in [0.15, 0.2) is 23.1 Å². The Bertz CT molecular complexity index is 1550.